The van der Waals surface area contributed by atoms with E-state index in [1.54, 1.807) is 11.3 Å². The van der Waals surface area contributed by atoms with Gasteiger partial charge in [0.05, 0.1) is 5.60 Å². The fraction of sp³-hybridized carbons (Fsp3) is 0.667. The van der Waals surface area contributed by atoms with Crippen molar-refractivity contribution in [1.82, 2.24) is 0 Å². The first kappa shape index (κ1) is 12.6. The van der Waals surface area contributed by atoms with Crippen molar-refractivity contribution in [3.63, 3.8) is 0 Å². The summed E-state index contributed by atoms with van der Waals surface area (Å²) in [6.45, 7) is 0. The predicted molar refractivity (Wildman–Crippen MR) is 71.9 cm³/mol. The van der Waals surface area contributed by atoms with Crippen LogP contribution in [0.2, 0.25) is 0 Å². The summed E-state index contributed by atoms with van der Waals surface area (Å²) >= 11 is 5.32. The first-order chi connectivity index (χ1) is 7.65. The lowest BCUT2D eigenvalue weighted by Crippen LogP contribution is -2.44. The van der Waals surface area contributed by atoms with Gasteiger partial charge in [0.1, 0.15) is 0 Å². The van der Waals surface area contributed by atoms with Crippen molar-refractivity contribution >= 4 is 27.3 Å². The van der Waals surface area contributed by atoms with E-state index in [4.69, 9.17) is 10.5 Å². The molecule has 1 aromatic heterocycles. The Hall–Kier alpha value is 0.100. The molecule has 1 aromatic rings. The van der Waals surface area contributed by atoms with E-state index in [-0.39, 0.29) is 11.6 Å². The zero-order valence-corrected chi connectivity index (χ0v) is 11.9. The van der Waals surface area contributed by atoms with Crippen LogP contribution in [0.3, 0.4) is 0 Å². The van der Waals surface area contributed by atoms with Crippen LogP contribution in [-0.2, 0) is 11.2 Å². The standard InChI is InChI=1S/C12H18BrNOS/c1-15-12(4-2-5-12)8-9(14)7-11-10(13)3-6-16-11/h3,6,9H,2,4-5,7-8,14H2,1H3. The third-order valence-electron chi connectivity index (χ3n) is 3.47. The SMILES string of the molecule is COC1(CC(N)Cc2sccc2Br)CCC1. The van der Waals surface area contributed by atoms with E-state index in [1.807, 2.05) is 7.11 Å². The molecule has 0 saturated heterocycles. The van der Waals surface area contributed by atoms with Crippen LogP contribution in [0.1, 0.15) is 30.6 Å². The van der Waals surface area contributed by atoms with Gasteiger partial charge in [-0.3, -0.25) is 0 Å². The number of thiophene rings is 1. The molecular weight excluding hydrogens is 286 g/mol. The van der Waals surface area contributed by atoms with Gasteiger partial charge in [0, 0.05) is 22.5 Å². The average Bonchev–Trinajstić information content (AvgIpc) is 2.58. The maximum Gasteiger partial charge on any atom is 0.0693 e. The van der Waals surface area contributed by atoms with E-state index in [0.29, 0.717) is 0 Å². The molecule has 0 aromatic carbocycles. The Kier molecular flexibility index (Phi) is 4.06. The third-order valence-corrected chi connectivity index (χ3v) is 5.42. The Morgan fingerprint density at radius 2 is 2.38 bits per heavy atom. The fourth-order valence-corrected chi connectivity index (χ4v) is 3.93. The molecule has 2 N–H and O–H groups in total. The molecule has 1 aliphatic rings. The van der Waals surface area contributed by atoms with Crippen molar-refractivity contribution in [3.8, 4) is 0 Å². The van der Waals surface area contributed by atoms with Crippen LogP contribution in [0.5, 0.6) is 0 Å². The van der Waals surface area contributed by atoms with E-state index in [9.17, 15) is 0 Å². The number of rotatable bonds is 5. The van der Waals surface area contributed by atoms with E-state index in [2.05, 4.69) is 27.4 Å². The van der Waals surface area contributed by atoms with Gasteiger partial charge in [-0.1, -0.05) is 0 Å². The van der Waals surface area contributed by atoms with Gasteiger partial charge in [-0.2, -0.15) is 0 Å². The molecule has 0 radical (unpaired) electrons. The predicted octanol–water partition coefficient (Wildman–Crippen LogP) is 3.34. The van der Waals surface area contributed by atoms with Gasteiger partial charge in [-0.05, 0) is 59.5 Å². The number of hydrogen-bond donors (Lipinski definition) is 1. The number of hydrogen-bond acceptors (Lipinski definition) is 3. The quantitative estimate of drug-likeness (QED) is 0.905. The normalized spacial score (nSPS) is 20.4. The monoisotopic (exact) mass is 303 g/mol. The summed E-state index contributed by atoms with van der Waals surface area (Å²) < 4.78 is 6.79. The summed E-state index contributed by atoms with van der Waals surface area (Å²) in [4.78, 5) is 1.35. The lowest BCUT2D eigenvalue weighted by Gasteiger charge is -2.42. The summed E-state index contributed by atoms with van der Waals surface area (Å²) in [5.74, 6) is 0. The Balaban J connectivity index is 1.89. The van der Waals surface area contributed by atoms with Gasteiger partial charge in [0.2, 0.25) is 0 Å². The van der Waals surface area contributed by atoms with Gasteiger partial charge in [0.15, 0.2) is 0 Å². The van der Waals surface area contributed by atoms with Crippen molar-refractivity contribution in [2.45, 2.75) is 43.7 Å². The molecule has 4 heteroatoms. The Bertz CT molecular complexity index is 343. The van der Waals surface area contributed by atoms with Gasteiger partial charge in [0.25, 0.3) is 0 Å². The van der Waals surface area contributed by atoms with Gasteiger partial charge >= 0.3 is 0 Å². The zero-order valence-electron chi connectivity index (χ0n) is 9.54. The smallest absolute Gasteiger partial charge is 0.0693 e. The maximum atomic E-state index is 6.21. The molecule has 1 saturated carbocycles. The molecule has 0 bridgehead atoms. The van der Waals surface area contributed by atoms with Crippen LogP contribution in [0.15, 0.2) is 15.9 Å². The lowest BCUT2D eigenvalue weighted by molar-refractivity contribution is -0.0813. The number of nitrogens with two attached hydrogens (primary N) is 1. The van der Waals surface area contributed by atoms with Crippen LogP contribution in [0.4, 0.5) is 0 Å². The Labute approximate surface area is 109 Å². The highest BCUT2D eigenvalue weighted by Crippen LogP contribution is 2.39. The molecule has 1 heterocycles. The minimum absolute atomic E-state index is 0.0865. The average molecular weight is 304 g/mol. The molecule has 1 unspecified atom stereocenters. The molecular formula is C12H18BrNOS. The van der Waals surface area contributed by atoms with Gasteiger partial charge in [-0.15, -0.1) is 11.3 Å². The maximum absolute atomic E-state index is 6.21. The highest BCUT2D eigenvalue weighted by atomic mass is 79.9. The first-order valence-electron chi connectivity index (χ1n) is 5.68. The highest BCUT2D eigenvalue weighted by Gasteiger charge is 2.38. The lowest BCUT2D eigenvalue weighted by atomic mass is 9.75. The Morgan fingerprint density at radius 3 is 2.81 bits per heavy atom. The fourth-order valence-electron chi connectivity index (χ4n) is 2.32. The second-order valence-corrected chi connectivity index (χ2v) is 6.46. The van der Waals surface area contributed by atoms with Gasteiger partial charge in [-0.25, -0.2) is 0 Å². The molecule has 0 spiro atoms. The number of methoxy groups -OCH3 is 1. The third kappa shape index (κ3) is 2.67. The largest absolute Gasteiger partial charge is 0.378 e. The van der Waals surface area contributed by atoms with Crippen LogP contribution in [0, 0.1) is 0 Å². The van der Waals surface area contributed by atoms with Crippen molar-refractivity contribution in [2.24, 2.45) is 5.73 Å². The summed E-state index contributed by atoms with van der Waals surface area (Å²) in [6.07, 6.45) is 5.55. The van der Waals surface area contributed by atoms with Crippen LogP contribution in [-0.4, -0.2) is 18.8 Å². The molecule has 0 amide bonds. The van der Waals surface area contributed by atoms with Crippen molar-refractivity contribution in [3.05, 3.63) is 20.8 Å². The highest BCUT2D eigenvalue weighted by molar-refractivity contribution is 9.10. The van der Waals surface area contributed by atoms with E-state index < -0.39 is 0 Å². The van der Waals surface area contributed by atoms with Crippen molar-refractivity contribution in [2.75, 3.05) is 7.11 Å². The minimum Gasteiger partial charge on any atom is -0.378 e. The summed E-state index contributed by atoms with van der Waals surface area (Å²) in [7, 11) is 1.81. The summed E-state index contributed by atoms with van der Waals surface area (Å²) in [5.41, 5.74) is 6.30. The minimum atomic E-state index is 0.0865. The number of ether oxygens (including phenoxy) is 1. The molecule has 90 valence electrons. The van der Waals surface area contributed by atoms with E-state index in [1.165, 1.54) is 28.6 Å². The summed E-state index contributed by atoms with van der Waals surface area (Å²) in [5, 5.41) is 2.10. The van der Waals surface area contributed by atoms with Crippen LogP contribution in [0.25, 0.3) is 0 Å². The molecule has 0 aliphatic heterocycles. The molecule has 1 aliphatic carbocycles. The number of halogens is 1. The first-order valence-corrected chi connectivity index (χ1v) is 7.35. The van der Waals surface area contributed by atoms with E-state index in [0.717, 1.165) is 12.8 Å². The molecule has 16 heavy (non-hydrogen) atoms. The molecule has 1 atom stereocenters. The molecule has 2 rings (SSSR count). The van der Waals surface area contributed by atoms with Crippen molar-refractivity contribution in [1.29, 1.82) is 0 Å². The zero-order chi connectivity index (χ0) is 11.6. The summed E-state index contributed by atoms with van der Waals surface area (Å²) in [6, 6.07) is 2.29. The van der Waals surface area contributed by atoms with E-state index >= 15 is 0 Å². The van der Waals surface area contributed by atoms with Crippen LogP contribution >= 0.6 is 27.3 Å². The second kappa shape index (κ2) is 5.17. The van der Waals surface area contributed by atoms with Gasteiger partial charge < -0.3 is 10.5 Å². The second-order valence-electron chi connectivity index (χ2n) is 4.60. The van der Waals surface area contributed by atoms with Crippen molar-refractivity contribution < 1.29 is 4.74 Å². The topological polar surface area (TPSA) is 35.2 Å². The molecule has 1 fully saturated rings. The Morgan fingerprint density at radius 1 is 1.62 bits per heavy atom. The molecule has 2 nitrogen and oxygen atoms in total. The van der Waals surface area contributed by atoms with Crippen LogP contribution < -0.4 is 5.73 Å².